The second kappa shape index (κ2) is 8.47. The second-order valence-corrected chi connectivity index (χ2v) is 9.12. The molecule has 156 valence electrons. The van der Waals surface area contributed by atoms with Gasteiger partial charge in [0.2, 0.25) is 0 Å². The van der Waals surface area contributed by atoms with Crippen LogP contribution in [-0.2, 0) is 0 Å². The molecule has 0 N–H and O–H groups in total. The van der Waals surface area contributed by atoms with Gasteiger partial charge in [-0.2, -0.15) is 0 Å². The monoisotopic (exact) mass is 467 g/mol. The maximum atomic E-state index is 13.1. The first-order valence-electron chi connectivity index (χ1n) is 10.8. The average molecular weight is 468 g/mol. The van der Waals surface area contributed by atoms with Crippen molar-refractivity contribution < 1.29 is 4.79 Å². The van der Waals surface area contributed by atoms with Gasteiger partial charge in [-0.05, 0) is 31.0 Å². The van der Waals surface area contributed by atoms with E-state index in [1.54, 1.807) is 0 Å². The van der Waals surface area contributed by atoms with Crippen LogP contribution in [0.25, 0.3) is 17.0 Å². The Bertz CT molecular complexity index is 1050. The summed E-state index contributed by atoms with van der Waals surface area (Å²) in [6.45, 7) is 3.57. The molecule has 1 saturated carbocycles. The second-order valence-electron chi connectivity index (χ2n) is 8.27. The highest BCUT2D eigenvalue weighted by Crippen LogP contribution is 2.27. The summed E-state index contributed by atoms with van der Waals surface area (Å²) in [5.74, 6) is 0.851. The van der Waals surface area contributed by atoms with Crippen molar-refractivity contribution in [2.45, 2.75) is 38.1 Å². The third-order valence-electron chi connectivity index (χ3n) is 6.46. The number of amides is 1. The summed E-state index contributed by atoms with van der Waals surface area (Å²) in [4.78, 5) is 17.7. The molecule has 0 spiro atoms. The largest absolute Gasteiger partial charge is 0.336 e. The fourth-order valence-corrected chi connectivity index (χ4v) is 5.23. The third-order valence-corrected chi connectivity index (χ3v) is 7.16. The molecule has 6 nitrogen and oxygen atoms in total. The summed E-state index contributed by atoms with van der Waals surface area (Å²) in [5, 5.41) is 8.66. The van der Waals surface area contributed by atoms with Crippen LogP contribution in [0.5, 0.6) is 0 Å². The number of carbonyl (C=O) groups is 1. The Morgan fingerprint density at radius 3 is 2.50 bits per heavy atom. The summed E-state index contributed by atoms with van der Waals surface area (Å²) < 4.78 is 2.90. The van der Waals surface area contributed by atoms with Crippen molar-refractivity contribution in [1.82, 2.24) is 24.4 Å². The molecular weight excluding hydrogens is 442 g/mol. The fraction of sp³-hybridized carbons (Fsp3) is 0.435. The number of rotatable bonds is 3. The van der Waals surface area contributed by atoms with Crippen LogP contribution in [-0.4, -0.2) is 62.5 Å². The molecule has 1 aliphatic carbocycles. The number of piperazine rings is 1. The fourth-order valence-electron chi connectivity index (χ4n) is 4.77. The predicted molar refractivity (Wildman–Crippen MR) is 120 cm³/mol. The third kappa shape index (κ3) is 3.76. The molecule has 0 unspecified atom stereocenters. The lowest BCUT2D eigenvalue weighted by Crippen LogP contribution is -2.52. The van der Waals surface area contributed by atoms with Crippen LogP contribution in [0.15, 0.2) is 47.1 Å². The van der Waals surface area contributed by atoms with Crippen molar-refractivity contribution in [2.75, 3.05) is 26.2 Å². The Kier molecular flexibility index (Phi) is 5.56. The first-order valence-corrected chi connectivity index (χ1v) is 11.6. The molecular formula is C23H26BrN5O. The number of fused-ring (bicyclic) bond motifs is 1. The Hall–Kier alpha value is -2.25. The average Bonchev–Trinajstić information content (AvgIpc) is 3.23. The molecule has 0 radical (unpaired) electrons. The number of hydrogen-bond donors (Lipinski definition) is 0. The molecule has 1 amide bonds. The molecule has 2 aliphatic rings. The maximum absolute atomic E-state index is 13.1. The van der Waals surface area contributed by atoms with E-state index in [1.807, 2.05) is 51.9 Å². The highest BCUT2D eigenvalue weighted by atomic mass is 79.9. The summed E-state index contributed by atoms with van der Waals surface area (Å²) in [6, 6.07) is 12.4. The minimum Gasteiger partial charge on any atom is -0.336 e. The highest BCUT2D eigenvalue weighted by Gasteiger charge is 2.27. The number of pyridine rings is 1. The van der Waals surface area contributed by atoms with Crippen LogP contribution in [0.1, 0.15) is 42.5 Å². The molecule has 5 rings (SSSR count). The molecule has 0 atom stereocenters. The molecule has 2 aromatic heterocycles. The minimum absolute atomic E-state index is 0.0891. The standard InChI is InChI=1S/C23H26BrN5O/c24-20-9-5-4-8-19(20)22-26-25-21-16-17(10-11-29(21)22)23(30)28-14-12-27(13-15-28)18-6-2-1-3-7-18/h4-5,8-11,16,18H,1-3,6-7,12-15H2. The maximum Gasteiger partial charge on any atom is 0.254 e. The van der Waals surface area contributed by atoms with Crippen LogP contribution in [0.3, 0.4) is 0 Å². The van der Waals surface area contributed by atoms with Crippen LogP contribution >= 0.6 is 15.9 Å². The first-order chi connectivity index (χ1) is 14.7. The summed E-state index contributed by atoms with van der Waals surface area (Å²) >= 11 is 3.58. The topological polar surface area (TPSA) is 53.7 Å². The Morgan fingerprint density at radius 1 is 0.967 bits per heavy atom. The zero-order chi connectivity index (χ0) is 20.5. The molecule has 1 saturated heterocycles. The van der Waals surface area contributed by atoms with Crippen LogP contribution < -0.4 is 0 Å². The Labute approximate surface area is 185 Å². The van der Waals surface area contributed by atoms with Gasteiger partial charge in [0.05, 0.1) is 0 Å². The van der Waals surface area contributed by atoms with Crippen molar-refractivity contribution in [2.24, 2.45) is 0 Å². The van der Waals surface area contributed by atoms with E-state index in [0.29, 0.717) is 11.2 Å². The van der Waals surface area contributed by atoms with Gasteiger partial charge in [0.1, 0.15) is 0 Å². The van der Waals surface area contributed by atoms with Gasteiger partial charge >= 0.3 is 0 Å². The van der Waals surface area contributed by atoms with Gasteiger partial charge in [0, 0.05) is 54.0 Å². The number of halogens is 1. The lowest BCUT2D eigenvalue weighted by atomic mass is 9.94. The van der Waals surface area contributed by atoms with Crippen molar-refractivity contribution in [3.05, 3.63) is 52.6 Å². The van der Waals surface area contributed by atoms with Gasteiger partial charge in [-0.25, -0.2) is 0 Å². The van der Waals surface area contributed by atoms with Gasteiger partial charge in [-0.1, -0.05) is 53.4 Å². The molecule has 1 aliphatic heterocycles. The summed E-state index contributed by atoms with van der Waals surface area (Å²) in [7, 11) is 0. The zero-order valence-electron chi connectivity index (χ0n) is 17.0. The molecule has 1 aromatic carbocycles. The number of nitrogens with zero attached hydrogens (tertiary/aromatic N) is 5. The highest BCUT2D eigenvalue weighted by molar-refractivity contribution is 9.10. The van der Waals surface area contributed by atoms with E-state index < -0.39 is 0 Å². The number of benzene rings is 1. The van der Waals surface area contributed by atoms with E-state index in [-0.39, 0.29) is 5.91 Å². The van der Waals surface area contributed by atoms with Crippen molar-refractivity contribution in [1.29, 1.82) is 0 Å². The van der Waals surface area contributed by atoms with Gasteiger partial charge in [-0.3, -0.25) is 14.1 Å². The van der Waals surface area contributed by atoms with E-state index in [0.717, 1.165) is 48.1 Å². The minimum atomic E-state index is 0.0891. The van der Waals surface area contributed by atoms with Crippen molar-refractivity contribution >= 4 is 27.5 Å². The normalized spacial score (nSPS) is 18.8. The van der Waals surface area contributed by atoms with Gasteiger partial charge < -0.3 is 4.90 Å². The van der Waals surface area contributed by atoms with Crippen LogP contribution in [0.4, 0.5) is 0 Å². The molecule has 2 fully saturated rings. The van der Waals surface area contributed by atoms with E-state index >= 15 is 0 Å². The molecule has 3 heterocycles. The SMILES string of the molecule is O=C(c1ccn2c(-c3ccccc3Br)nnc2c1)N1CCN(C2CCCCC2)CC1. The molecule has 0 bridgehead atoms. The molecule has 3 aromatic rings. The summed E-state index contributed by atoms with van der Waals surface area (Å²) in [5.41, 5.74) is 2.34. The van der Waals surface area contributed by atoms with Crippen molar-refractivity contribution in [3.63, 3.8) is 0 Å². The molecule has 30 heavy (non-hydrogen) atoms. The quantitative estimate of drug-likeness (QED) is 0.577. The van der Waals surface area contributed by atoms with Crippen LogP contribution in [0, 0.1) is 0 Å². The van der Waals surface area contributed by atoms with E-state index in [4.69, 9.17) is 0 Å². The van der Waals surface area contributed by atoms with Crippen LogP contribution in [0.2, 0.25) is 0 Å². The number of hydrogen-bond acceptors (Lipinski definition) is 4. The van der Waals surface area contributed by atoms with E-state index in [1.165, 1.54) is 32.1 Å². The van der Waals surface area contributed by atoms with Crippen molar-refractivity contribution in [3.8, 4) is 11.4 Å². The smallest absolute Gasteiger partial charge is 0.254 e. The van der Waals surface area contributed by atoms with E-state index in [2.05, 4.69) is 31.0 Å². The Balaban J connectivity index is 1.31. The van der Waals surface area contributed by atoms with Gasteiger partial charge in [-0.15, -0.1) is 10.2 Å². The zero-order valence-corrected chi connectivity index (χ0v) is 18.6. The molecule has 7 heteroatoms. The first kappa shape index (κ1) is 19.7. The number of aromatic nitrogens is 3. The number of carbonyl (C=O) groups excluding carboxylic acids is 1. The predicted octanol–water partition coefficient (Wildman–Crippen LogP) is 4.25. The Morgan fingerprint density at radius 2 is 1.73 bits per heavy atom. The lowest BCUT2D eigenvalue weighted by molar-refractivity contribution is 0.0523. The lowest BCUT2D eigenvalue weighted by Gasteiger charge is -2.40. The summed E-state index contributed by atoms with van der Waals surface area (Å²) in [6.07, 6.45) is 8.61. The van der Waals surface area contributed by atoms with Gasteiger partial charge in [0.25, 0.3) is 5.91 Å². The van der Waals surface area contributed by atoms with E-state index in [9.17, 15) is 4.79 Å². The van der Waals surface area contributed by atoms with Gasteiger partial charge in [0.15, 0.2) is 11.5 Å².